The summed E-state index contributed by atoms with van der Waals surface area (Å²) in [5.41, 5.74) is 5.92. The largest absolute Gasteiger partial charge is 0.481 e. The van der Waals surface area contributed by atoms with Crippen LogP contribution in [0.25, 0.3) is 0 Å². The van der Waals surface area contributed by atoms with E-state index in [1.54, 1.807) is 0 Å². The molecule has 3 nitrogen and oxygen atoms in total. The van der Waals surface area contributed by atoms with Crippen molar-refractivity contribution < 1.29 is 14.3 Å². The second-order valence-corrected chi connectivity index (χ2v) is 4.59. The van der Waals surface area contributed by atoms with Gasteiger partial charge in [-0.05, 0) is 34.5 Å². The van der Waals surface area contributed by atoms with Crippen LogP contribution in [0.15, 0.2) is 16.6 Å². The Bertz CT molecular complexity index is 414. The summed E-state index contributed by atoms with van der Waals surface area (Å²) in [6.07, 6.45) is 0.0680. The molecule has 3 N–H and O–H groups in total. The van der Waals surface area contributed by atoms with Gasteiger partial charge >= 0.3 is 5.97 Å². The standard InChI is InChI=1S/C10H10BrClFNO2/c11-6-4-8(13)5(3-7(6)12)9(14)1-2-10(15)16/h3-4,9H,1-2,14H2,(H,15,16). The molecule has 0 saturated carbocycles. The van der Waals surface area contributed by atoms with Gasteiger partial charge in [0.05, 0.1) is 5.02 Å². The minimum Gasteiger partial charge on any atom is -0.481 e. The first-order valence-electron chi connectivity index (χ1n) is 4.53. The Balaban J connectivity index is 2.86. The van der Waals surface area contributed by atoms with E-state index in [4.69, 9.17) is 22.4 Å². The van der Waals surface area contributed by atoms with Crippen LogP contribution in [-0.4, -0.2) is 11.1 Å². The van der Waals surface area contributed by atoms with Crippen LogP contribution in [0.2, 0.25) is 5.02 Å². The van der Waals surface area contributed by atoms with Crippen LogP contribution in [0.5, 0.6) is 0 Å². The third kappa shape index (κ3) is 3.43. The van der Waals surface area contributed by atoms with E-state index in [-0.39, 0.29) is 18.4 Å². The molecule has 0 heterocycles. The first-order chi connectivity index (χ1) is 7.41. The van der Waals surface area contributed by atoms with Crippen molar-refractivity contribution in [3.8, 4) is 0 Å². The molecule has 0 aromatic heterocycles. The number of carboxylic acid groups (broad SMARTS) is 1. The molecule has 88 valence electrons. The molecular formula is C10H10BrClFNO2. The average molecular weight is 311 g/mol. The summed E-state index contributed by atoms with van der Waals surface area (Å²) in [5, 5.41) is 8.84. The van der Waals surface area contributed by atoms with E-state index >= 15 is 0 Å². The molecular weight excluding hydrogens is 300 g/mol. The van der Waals surface area contributed by atoms with Gasteiger partial charge in [0.2, 0.25) is 0 Å². The van der Waals surface area contributed by atoms with Crippen molar-refractivity contribution in [2.45, 2.75) is 18.9 Å². The van der Waals surface area contributed by atoms with Crippen LogP contribution in [0.4, 0.5) is 4.39 Å². The molecule has 0 radical (unpaired) electrons. The van der Waals surface area contributed by atoms with E-state index in [2.05, 4.69) is 15.9 Å². The summed E-state index contributed by atoms with van der Waals surface area (Å²) in [6.45, 7) is 0. The first kappa shape index (κ1) is 13.4. The first-order valence-corrected chi connectivity index (χ1v) is 5.70. The predicted octanol–water partition coefficient (Wildman–Crippen LogP) is 3.11. The third-order valence-corrected chi connectivity index (χ3v) is 3.31. The number of benzene rings is 1. The van der Waals surface area contributed by atoms with Crippen LogP contribution in [0, 0.1) is 5.82 Å². The Hall–Kier alpha value is -0.650. The molecule has 1 aromatic rings. The number of halogens is 3. The fraction of sp³-hybridized carbons (Fsp3) is 0.300. The summed E-state index contributed by atoms with van der Waals surface area (Å²) in [5.74, 6) is -1.45. The molecule has 0 bridgehead atoms. The quantitative estimate of drug-likeness (QED) is 0.840. The molecule has 1 unspecified atom stereocenters. The third-order valence-electron chi connectivity index (χ3n) is 2.11. The number of carboxylic acids is 1. The molecule has 0 amide bonds. The lowest BCUT2D eigenvalue weighted by molar-refractivity contribution is -0.137. The molecule has 0 aliphatic rings. The van der Waals surface area contributed by atoms with Gasteiger partial charge in [-0.25, -0.2) is 4.39 Å². The van der Waals surface area contributed by atoms with Crippen molar-refractivity contribution in [2.75, 3.05) is 0 Å². The van der Waals surface area contributed by atoms with Crippen molar-refractivity contribution >= 4 is 33.5 Å². The van der Waals surface area contributed by atoms with Crippen LogP contribution in [0.3, 0.4) is 0 Å². The Morgan fingerprint density at radius 3 is 2.81 bits per heavy atom. The highest BCUT2D eigenvalue weighted by molar-refractivity contribution is 9.10. The maximum Gasteiger partial charge on any atom is 0.303 e. The minimum atomic E-state index is -0.959. The van der Waals surface area contributed by atoms with Crippen molar-refractivity contribution in [2.24, 2.45) is 5.73 Å². The molecule has 6 heteroatoms. The second-order valence-electron chi connectivity index (χ2n) is 3.33. The lowest BCUT2D eigenvalue weighted by Crippen LogP contribution is -2.14. The number of hydrogen-bond donors (Lipinski definition) is 2. The maximum absolute atomic E-state index is 13.5. The fourth-order valence-electron chi connectivity index (χ4n) is 1.26. The second kappa shape index (κ2) is 5.61. The van der Waals surface area contributed by atoms with Gasteiger partial charge in [-0.2, -0.15) is 0 Å². The topological polar surface area (TPSA) is 63.3 Å². The number of nitrogens with two attached hydrogens (primary N) is 1. The zero-order chi connectivity index (χ0) is 12.3. The molecule has 1 atom stereocenters. The van der Waals surface area contributed by atoms with Crippen LogP contribution >= 0.6 is 27.5 Å². The minimum absolute atomic E-state index is 0.103. The Morgan fingerprint density at radius 1 is 1.62 bits per heavy atom. The number of aliphatic carboxylic acids is 1. The monoisotopic (exact) mass is 309 g/mol. The maximum atomic E-state index is 13.5. The lowest BCUT2D eigenvalue weighted by Gasteiger charge is -2.12. The Morgan fingerprint density at radius 2 is 2.25 bits per heavy atom. The smallest absolute Gasteiger partial charge is 0.303 e. The van der Waals surface area contributed by atoms with Crippen molar-refractivity contribution in [1.82, 2.24) is 0 Å². The van der Waals surface area contributed by atoms with E-state index in [1.165, 1.54) is 12.1 Å². The predicted molar refractivity (Wildman–Crippen MR) is 62.9 cm³/mol. The zero-order valence-electron chi connectivity index (χ0n) is 8.21. The number of carbonyl (C=O) groups is 1. The van der Waals surface area contributed by atoms with Crippen LogP contribution < -0.4 is 5.73 Å². The van der Waals surface area contributed by atoms with Crippen LogP contribution in [0.1, 0.15) is 24.4 Å². The van der Waals surface area contributed by atoms with Gasteiger partial charge in [0, 0.05) is 22.5 Å². The summed E-state index contributed by atoms with van der Waals surface area (Å²) < 4.78 is 13.9. The molecule has 0 fully saturated rings. The molecule has 0 spiro atoms. The summed E-state index contributed by atoms with van der Waals surface area (Å²) >= 11 is 8.89. The van der Waals surface area contributed by atoms with Crippen LogP contribution in [-0.2, 0) is 4.79 Å². The highest BCUT2D eigenvalue weighted by Crippen LogP contribution is 2.29. The van der Waals surface area contributed by atoms with Gasteiger partial charge in [-0.1, -0.05) is 11.6 Å². The lowest BCUT2D eigenvalue weighted by atomic mass is 10.0. The molecule has 0 aliphatic carbocycles. The molecule has 0 saturated heterocycles. The molecule has 1 rings (SSSR count). The van der Waals surface area contributed by atoms with Gasteiger partial charge in [0.25, 0.3) is 0 Å². The van der Waals surface area contributed by atoms with Gasteiger partial charge in [0.1, 0.15) is 5.82 Å². The van der Waals surface area contributed by atoms with Gasteiger partial charge in [-0.15, -0.1) is 0 Å². The van der Waals surface area contributed by atoms with E-state index in [9.17, 15) is 9.18 Å². The molecule has 16 heavy (non-hydrogen) atoms. The van der Waals surface area contributed by atoms with Gasteiger partial charge in [-0.3, -0.25) is 4.79 Å². The number of hydrogen-bond acceptors (Lipinski definition) is 2. The van der Waals surface area contributed by atoms with Crippen molar-refractivity contribution in [3.63, 3.8) is 0 Å². The van der Waals surface area contributed by atoms with E-state index in [1.807, 2.05) is 0 Å². The zero-order valence-corrected chi connectivity index (χ0v) is 10.6. The highest BCUT2D eigenvalue weighted by Gasteiger charge is 2.15. The average Bonchev–Trinajstić information content (AvgIpc) is 2.20. The van der Waals surface area contributed by atoms with E-state index in [0.29, 0.717) is 9.50 Å². The van der Waals surface area contributed by atoms with E-state index < -0.39 is 17.8 Å². The SMILES string of the molecule is NC(CCC(=O)O)c1cc(Cl)c(Br)cc1F. The summed E-state index contributed by atoms with van der Waals surface area (Å²) in [7, 11) is 0. The van der Waals surface area contributed by atoms with Gasteiger partial charge in [0.15, 0.2) is 0 Å². The van der Waals surface area contributed by atoms with E-state index in [0.717, 1.165) is 0 Å². The van der Waals surface area contributed by atoms with Crippen molar-refractivity contribution in [1.29, 1.82) is 0 Å². The summed E-state index contributed by atoms with van der Waals surface area (Å²) in [6, 6.07) is 1.97. The summed E-state index contributed by atoms with van der Waals surface area (Å²) in [4.78, 5) is 10.4. The van der Waals surface area contributed by atoms with Crippen molar-refractivity contribution in [3.05, 3.63) is 33.0 Å². The normalized spacial score (nSPS) is 12.5. The molecule has 0 aliphatic heterocycles. The fourth-order valence-corrected chi connectivity index (χ4v) is 1.74. The van der Waals surface area contributed by atoms with Gasteiger partial charge < -0.3 is 10.8 Å². The molecule has 1 aromatic carbocycles. The Labute approximate surface area is 106 Å². The Kier molecular flexibility index (Phi) is 4.70. The highest BCUT2D eigenvalue weighted by atomic mass is 79.9. The number of rotatable bonds is 4.